The van der Waals surface area contributed by atoms with E-state index in [1.54, 1.807) is 12.3 Å². The normalized spacial score (nSPS) is 12.4. The van der Waals surface area contributed by atoms with Gasteiger partial charge < -0.3 is 4.98 Å². The summed E-state index contributed by atoms with van der Waals surface area (Å²) in [6.07, 6.45) is 17.5. The second kappa shape index (κ2) is 13.5. The van der Waals surface area contributed by atoms with Crippen LogP contribution in [0.5, 0.6) is 0 Å². The van der Waals surface area contributed by atoms with Crippen molar-refractivity contribution in [3.8, 4) is 0 Å². The van der Waals surface area contributed by atoms with E-state index in [4.69, 9.17) is 0 Å². The molecule has 1 atom stereocenters. The minimum Gasteiger partial charge on any atom is -0.349 e. The molecule has 1 heterocycles. The van der Waals surface area contributed by atoms with Crippen molar-refractivity contribution in [2.45, 2.75) is 103 Å². The van der Waals surface area contributed by atoms with E-state index in [1.165, 1.54) is 32.1 Å². The Labute approximate surface area is 175 Å². The standard InChI is InChI=1S/C25H38F2N2/c1-3-4-5-6-7-8-11-14-21-16-17-22(25(27)24(21)26)20(2)13-10-9-12-15-23-28-18-19-29-23/h16-20H,3-15H2,1-2H3,(H,28,29). The van der Waals surface area contributed by atoms with E-state index >= 15 is 0 Å². The van der Waals surface area contributed by atoms with Gasteiger partial charge in [0, 0.05) is 18.8 Å². The maximum absolute atomic E-state index is 14.6. The molecular formula is C25H38F2N2. The molecule has 0 bridgehead atoms. The number of hydrogen-bond acceptors (Lipinski definition) is 1. The summed E-state index contributed by atoms with van der Waals surface area (Å²) >= 11 is 0. The second-order valence-corrected chi connectivity index (χ2v) is 8.35. The Kier molecular flexibility index (Phi) is 11.0. The molecule has 1 unspecified atom stereocenters. The third-order valence-corrected chi connectivity index (χ3v) is 5.88. The number of rotatable bonds is 15. The van der Waals surface area contributed by atoms with Gasteiger partial charge in [0.25, 0.3) is 0 Å². The highest BCUT2D eigenvalue weighted by atomic mass is 19.2. The van der Waals surface area contributed by atoms with Crippen LogP contribution in [0.2, 0.25) is 0 Å². The maximum Gasteiger partial charge on any atom is 0.162 e. The zero-order chi connectivity index (χ0) is 20.9. The molecule has 0 fully saturated rings. The summed E-state index contributed by atoms with van der Waals surface area (Å²) in [7, 11) is 0. The fraction of sp³-hybridized carbons (Fsp3) is 0.640. The lowest BCUT2D eigenvalue weighted by atomic mass is 9.92. The van der Waals surface area contributed by atoms with Crippen molar-refractivity contribution in [1.82, 2.24) is 9.97 Å². The highest BCUT2D eigenvalue weighted by molar-refractivity contribution is 5.28. The SMILES string of the molecule is CCCCCCCCCc1ccc(C(C)CCCCCc2ncc[nH]2)c(F)c1F. The van der Waals surface area contributed by atoms with Gasteiger partial charge in [-0.1, -0.05) is 77.3 Å². The number of halogens is 2. The van der Waals surface area contributed by atoms with Crippen LogP contribution in [0, 0.1) is 11.6 Å². The third-order valence-electron chi connectivity index (χ3n) is 5.88. The molecular weight excluding hydrogens is 366 g/mol. The molecule has 1 aromatic heterocycles. The smallest absolute Gasteiger partial charge is 0.162 e. The average Bonchev–Trinajstić information content (AvgIpc) is 3.23. The molecule has 162 valence electrons. The maximum atomic E-state index is 14.6. The number of nitrogens with zero attached hydrogens (tertiary/aromatic N) is 1. The van der Waals surface area contributed by atoms with Crippen molar-refractivity contribution in [2.75, 3.05) is 0 Å². The summed E-state index contributed by atoms with van der Waals surface area (Å²) in [5.74, 6) is -0.199. The zero-order valence-corrected chi connectivity index (χ0v) is 18.3. The fourth-order valence-corrected chi connectivity index (χ4v) is 3.96. The van der Waals surface area contributed by atoms with E-state index < -0.39 is 11.6 Å². The van der Waals surface area contributed by atoms with Crippen molar-refractivity contribution >= 4 is 0 Å². The minimum absolute atomic E-state index is 0.0423. The molecule has 0 saturated carbocycles. The molecule has 1 N–H and O–H groups in total. The first-order valence-corrected chi connectivity index (χ1v) is 11.6. The van der Waals surface area contributed by atoms with Gasteiger partial charge in [0.15, 0.2) is 11.6 Å². The molecule has 2 aromatic rings. The topological polar surface area (TPSA) is 28.7 Å². The minimum atomic E-state index is -0.631. The van der Waals surface area contributed by atoms with Gasteiger partial charge in [-0.3, -0.25) is 0 Å². The number of aromatic nitrogens is 2. The lowest BCUT2D eigenvalue weighted by molar-refractivity contribution is 0.471. The Balaban J connectivity index is 1.71. The van der Waals surface area contributed by atoms with E-state index in [0.717, 1.165) is 50.8 Å². The second-order valence-electron chi connectivity index (χ2n) is 8.35. The number of H-pyrrole nitrogens is 1. The molecule has 4 heteroatoms. The number of imidazole rings is 1. The summed E-state index contributed by atoms with van der Waals surface area (Å²) in [6, 6.07) is 3.61. The summed E-state index contributed by atoms with van der Waals surface area (Å²) in [6.45, 7) is 4.21. The van der Waals surface area contributed by atoms with Gasteiger partial charge in [-0.05, 0) is 42.7 Å². The molecule has 0 amide bonds. The van der Waals surface area contributed by atoms with Crippen molar-refractivity contribution < 1.29 is 8.78 Å². The Morgan fingerprint density at radius 1 is 0.862 bits per heavy atom. The Morgan fingerprint density at radius 3 is 2.28 bits per heavy atom. The van der Waals surface area contributed by atoms with Crippen LogP contribution in [0.4, 0.5) is 8.78 Å². The number of benzene rings is 1. The first-order chi connectivity index (χ1) is 14.1. The molecule has 1 aromatic carbocycles. The van der Waals surface area contributed by atoms with Gasteiger partial charge in [-0.2, -0.15) is 0 Å². The summed E-state index contributed by atoms with van der Waals surface area (Å²) < 4.78 is 29.1. The molecule has 0 spiro atoms. The third kappa shape index (κ3) is 8.28. The van der Waals surface area contributed by atoms with Crippen LogP contribution in [0.25, 0.3) is 0 Å². The van der Waals surface area contributed by atoms with Crippen LogP contribution in [0.1, 0.15) is 107 Å². The Bertz CT molecular complexity index is 682. The lowest BCUT2D eigenvalue weighted by Gasteiger charge is -2.15. The zero-order valence-electron chi connectivity index (χ0n) is 18.3. The van der Waals surface area contributed by atoms with Gasteiger partial charge in [0.2, 0.25) is 0 Å². The summed E-state index contributed by atoms with van der Waals surface area (Å²) in [5.41, 5.74) is 1.06. The van der Waals surface area contributed by atoms with Gasteiger partial charge in [-0.15, -0.1) is 0 Å². The van der Waals surface area contributed by atoms with E-state index in [1.807, 2.05) is 19.2 Å². The molecule has 0 radical (unpaired) electrons. The number of nitrogens with one attached hydrogen (secondary N) is 1. The Hall–Kier alpha value is -1.71. The van der Waals surface area contributed by atoms with Crippen molar-refractivity contribution in [1.29, 1.82) is 0 Å². The molecule has 0 aliphatic heterocycles. The molecule has 29 heavy (non-hydrogen) atoms. The predicted molar refractivity (Wildman–Crippen MR) is 117 cm³/mol. The quantitative estimate of drug-likeness (QED) is 0.300. The van der Waals surface area contributed by atoms with Crippen LogP contribution in [0.3, 0.4) is 0 Å². The molecule has 0 aliphatic carbocycles. The first kappa shape index (κ1) is 23.6. The molecule has 0 saturated heterocycles. The molecule has 2 nitrogen and oxygen atoms in total. The van der Waals surface area contributed by atoms with Gasteiger partial charge in [0.05, 0.1) is 0 Å². The monoisotopic (exact) mass is 404 g/mol. The van der Waals surface area contributed by atoms with E-state index in [-0.39, 0.29) is 5.92 Å². The first-order valence-electron chi connectivity index (χ1n) is 11.6. The van der Waals surface area contributed by atoms with Crippen LogP contribution in [-0.2, 0) is 12.8 Å². The largest absolute Gasteiger partial charge is 0.349 e. The lowest BCUT2D eigenvalue weighted by Crippen LogP contribution is -2.04. The number of unbranched alkanes of at least 4 members (excludes halogenated alkanes) is 8. The van der Waals surface area contributed by atoms with Crippen LogP contribution >= 0.6 is 0 Å². The number of hydrogen-bond donors (Lipinski definition) is 1. The van der Waals surface area contributed by atoms with Gasteiger partial charge >= 0.3 is 0 Å². The van der Waals surface area contributed by atoms with Gasteiger partial charge in [0.1, 0.15) is 5.82 Å². The highest BCUT2D eigenvalue weighted by Gasteiger charge is 2.17. The average molecular weight is 405 g/mol. The van der Waals surface area contributed by atoms with Crippen molar-refractivity contribution in [3.63, 3.8) is 0 Å². The van der Waals surface area contributed by atoms with E-state index in [2.05, 4.69) is 16.9 Å². The summed E-state index contributed by atoms with van der Waals surface area (Å²) in [4.78, 5) is 7.33. The van der Waals surface area contributed by atoms with Crippen LogP contribution in [0.15, 0.2) is 24.5 Å². The number of aromatic amines is 1. The van der Waals surface area contributed by atoms with Crippen molar-refractivity contribution in [3.05, 3.63) is 53.1 Å². The highest BCUT2D eigenvalue weighted by Crippen LogP contribution is 2.28. The van der Waals surface area contributed by atoms with Gasteiger partial charge in [-0.25, -0.2) is 13.8 Å². The number of aryl methyl sites for hydroxylation is 2. The van der Waals surface area contributed by atoms with E-state index in [0.29, 0.717) is 17.5 Å². The van der Waals surface area contributed by atoms with Crippen LogP contribution < -0.4 is 0 Å². The Morgan fingerprint density at radius 2 is 1.55 bits per heavy atom. The summed E-state index contributed by atoms with van der Waals surface area (Å²) in [5, 5.41) is 0. The van der Waals surface area contributed by atoms with Crippen LogP contribution in [-0.4, -0.2) is 9.97 Å². The molecule has 0 aliphatic rings. The fourth-order valence-electron chi connectivity index (χ4n) is 3.96. The van der Waals surface area contributed by atoms with Crippen molar-refractivity contribution in [2.24, 2.45) is 0 Å². The molecule has 2 rings (SSSR count). The predicted octanol–water partition coefficient (Wildman–Crippen LogP) is 7.89. The van der Waals surface area contributed by atoms with E-state index in [9.17, 15) is 8.78 Å².